The molecule has 0 fully saturated rings. The van der Waals surface area contributed by atoms with Crippen LogP contribution in [0.2, 0.25) is 0 Å². The molecule has 2 N–H and O–H groups in total. The number of anilines is 1. The van der Waals surface area contributed by atoms with Gasteiger partial charge in [0.2, 0.25) is 10.0 Å². The number of hydrogen-bond acceptors (Lipinski definition) is 4. The van der Waals surface area contributed by atoms with Gasteiger partial charge >= 0.3 is 0 Å². The maximum atomic E-state index is 14.0. The molecular formula is C13H21F2N3O2S. The van der Waals surface area contributed by atoms with Gasteiger partial charge in [0.1, 0.15) is 16.4 Å². The minimum Gasteiger partial charge on any atom is -0.394 e. The van der Waals surface area contributed by atoms with Crippen molar-refractivity contribution in [1.29, 1.82) is 0 Å². The summed E-state index contributed by atoms with van der Waals surface area (Å²) in [6.45, 7) is 4.04. The fraction of sp³-hybridized carbons (Fsp3) is 0.538. The number of nitrogens with two attached hydrogens (primary N) is 1. The van der Waals surface area contributed by atoms with Gasteiger partial charge in [-0.05, 0) is 33.2 Å². The number of benzene rings is 1. The molecular weight excluding hydrogens is 300 g/mol. The van der Waals surface area contributed by atoms with E-state index in [1.165, 1.54) is 4.31 Å². The van der Waals surface area contributed by atoms with Crippen molar-refractivity contribution in [1.82, 2.24) is 9.21 Å². The van der Waals surface area contributed by atoms with Gasteiger partial charge in [-0.3, -0.25) is 0 Å². The molecule has 0 aromatic heterocycles. The fourth-order valence-electron chi connectivity index (χ4n) is 2.21. The zero-order valence-corrected chi connectivity index (χ0v) is 13.4. The van der Waals surface area contributed by atoms with Gasteiger partial charge in [-0.15, -0.1) is 0 Å². The fourth-order valence-corrected chi connectivity index (χ4v) is 3.92. The Morgan fingerprint density at radius 1 is 1.29 bits per heavy atom. The van der Waals surface area contributed by atoms with Crippen LogP contribution in [0.15, 0.2) is 17.0 Å². The Bertz CT molecular complexity index is 606. The second-order valence-corrected chi connectivity index (χ2v) is 6.95. The molecule has 0 spiro atoms. The Labute approximate surface area is 124 Å². The van der Waals surface area contributed by atoms with E-state index in [0.717, 1.165) is 12.1 Å². The van der Waals surface area contributed by atoms with E-state index in [1.807, 2.05) is 19.0 Å². The van der Waals surface area contributed by atoms with Crippen molar-refractivity contribution in [3.8, 4) is 0 Å². The minimum absolute atomic E-state index is 0.175. The maximum Gasteiger partial charge on any atom is 0.246 e. The Balaban J connectivity index is 3.29. The van der Waals surface area contributed by atoms with Crippen LogP contribution in [-0.4, -0.2) is 50.8 Å². The molecule has 120 valence electrons. The molecule has 1 unspecified atom stereocenters. The first-order valence-corrected chi connectivity index (χ1v) is 7.97. The Morgan fingerprint density at radius 2 is 1.86 bits per heavy atom. The summed E-state index contributed by atoms with van der Waals surface area (Å²) >= 11 is 0. The lowest BCUT2D eigenvalue weighted by Gasteiger charge is -2.29. The number of rotatable bonds is 6. The molecule has 0 bridgehead atoms. The molecule has 21 heavy (non-hydrogen) atoms. The SMILES string of the molecule is CCN(C(C)CN(C)C)S(=O)(=O)c1ccc(F)c(N)c1F. The molecule has 1 atom stereocenters. The summed E-state index contributed by atoms with van der Waals surface area (Å²) in [4.78, 5) is 1.23. The van der Waals surface area contributed by atoms with E-state index in [1.54, 1.807) is 13.8 Å². The molecule has 0 heterocycles. The van der Waals surface area contributed by atoms with Crippen LogP contribution in [-0.2, 0) is 10.0 Å². The summed E-state index contributed by atoms with van der Waals surface area (Å²) in [6, 6.07) is 1.40. The summed E-state index contributed by atoms with van der Waals surface area (Å²) < 4.78 is 53.5. The zero-order chi connectivity index (χ0) is 16.4. The van der Waals surface area contributed by atoms with E-state index >= 15 is 0 Å². The van der Waals surface area contributed by atoms with Crippen molar-refractivity contribution in [2.75, 3.05) is 32.9 Å². The molecule has 0 amide bonds. The summed E-state index contributed by atoms with van der Waals surface area (Å²) in [6.07, 6.45) is 0. The van der Waals surface area contributed by atoms with E-state index in [4.69, 9.17) is 5.73 Å². The largest absolute Gasteiger partial charge is 0.394 e. The Morgan fingerprint density at radius 3 is 2.33 bits per heavy atom. The van der Waals surface area contributed by atoms with E-state index < -0.39 is 32.2 Å². The second kappa shape index (κ2) is 6.67. The first-order chi connectivity index (χ1) is 9.62. The van der Waals surface area contributed by atoms with Crippen molar-refractivity contribution >= 4 is 15.7 Å². The van der Waals surface area contributed by atoms with Gasteiger partial charge in [0.15, 0.2) is 5.82 Å². The molecule has 0 aliphatic heterocycles. The average molecular weight is 321 g/mol. The number of hydrogen-bond donors (Lipinski definition) is 1. The van der Waals surface area contributed by atoms with Gasteiger partial charge in [0.25, 0.3) is 0 Å². The van der Waals surface area contributed by atoms with Gasteiger partial charge in [0, 0.05) is 19.1 Å². The van der Waals surface area contributed by atoms with E-state index in [0.29, 0.717) is 6.54 Å². The summed E-state index contributed by atoms with van der Waals surface area (Å²) in [5.41, 5.74) is 4.45. The first kappa shape index (κ1) is 17.8. The highest BCUT2D eigenvalue weighted by Crippen LogP contribution is 2.26. The minimum atomic E-state index is -4.08. The van der Waals surface area contributed by atoms with Crippen LogP contribution >= 0.6 is 0 Å². The maximum absolute atomic E-state index is 14.0. The average Bonchev–Trinajstić information content (AvgIpc) is 2.35. The van der Waals surface area contributed by atoms with Gasteiger partial charge in [-0.1, -0.05) is 6.92 Å². The highest BCUT2D eigenvalue weighted by Gasteiger charge is 2.31. The Kier molecular flexibility index (Phi) is 5.66. The van der Waals surface area contributed by atoms with E-state index in [9.17, 15) is 17.2 Å². The van der Waals surface area contributed by atoms with Gasteiger partial charge < -0.3 is 10.6 Å². The van der Waals surface area contributed by atoms with E-state index in [-0.39, 0.29) is 12.6 Å². The number of sulfonamides is 1. The van der Waals surface area contributed by atoms with Crippen LogP contribution in [0, 0.1) is 11.6 Å². The summed E-state index contributed by atoms with van der Waals surface area (Å²) in [5.74, 6) is -2.22. The summed E-state index contributed by atoms with van der Waals surface area (Å²) in [5, 5.41) is 0. The van der Waals surface area contributed by atoms with Crippen LogP contribution in [0.5, 0.6) is 0 Å². The van der Waals surface area contributed by atoms with E-state index in [2.05, 4.69) is 0 Å². The number of nitrogens with zero attached hydrogens (tertiary/aromatic N) is 2. The van der Waals surface area contributed by atoms with Gasteiger partial charge in [-0.25, -0.2) is 17.2 Å². The predicted molar refractivity (Wildman–Crippen MR) is 78.4 cm³/mol. The second-order valence-electron chi connectivity index (χ2n) is 5.09. The lowest BCUT2D eigenvalue weighted by molar-refractivity contribution is 0.271. The third-order valence-corrected chi connectivity index (χ3v) is 5.22. The third kappa shape index (κ3) is 3.69. The van der Waals surface area contributed by atoms with Crippen LogP contribution in [0.25, 0.3) is 0 Å². The molecule has 0 aliphatic rings. The highest BCUT2D eigenvalue weighted by atomic mass is 32.2. The molecule has 1 rings (SSSR count). The number of nitrogen functional groups attached to an aromatic ring is 1. The predicted octanol–water partition coefficient (Wildman–Crippen LogP) is 1.51. The summed E-state index contributed by atoms with van der Waals surface area (Å²) in [7, 11) is -0.455. The topological polar surface area (TPSA) is 66.6 Å². The van der Waals surface area contributed by atoms with Crippen molar-refractivity contribution < 1.29 is 17.2 Å². The van der Waals surface area contributed by atoms with Gasteiger partial charge in [0.05, 0.1) is 0 Å². The standard InChI is InChI=1S/C13H21F2N3O2S/c1-5-18(9(2)8-17(3)4)21(19,20)11-7-6-10(14)13(16)12(11)15/h6-7,9H,5,8,16H2,1-4H3. The number of halogens is 2. The molecule has 0 saturated carbocycles. The van der Waals surface area contributed by atoms with Crippen LogP contribution < -0.4 is 5.73 Å². The molecule has 0 saturated heterocycles. The molecule has 1 aromatic rings. The van der Waals surface area contributed by atoms with Crippen LogP contribution in [0.3, 0.4) is 0 Å². The lowest BCUT2D eigenvalue weighted by Crippen LogP contribution is -2.43. The normalized spacial score (nSPS) is 13.9. The van der Waals surface area contributed by atoms with Crippen molar-refractivity contribution in [3.63, 3.8) is 0 Å². The highest BCUT2D eigenvalue weighted by molar-refractivity contribution is 7.89. The third-order valence-electron chi connectivity index (χ3n) is 3.11. The van der Waals surface area contributed by atoms with Crippen molar-refractivity contribution in [3.05, 3.63) is 23.8 Å². The molecule has 8 heteroatoms. The quantitative estimate of drug-likeness (QED) is 0.807. The van der Waals surface area contributed by atoms with Crippen molar-refractivity contribution in [2.24, 2.45) is 0 Å². The molecule has 0 radical (unpaired) electrons. The smallest absolute Gasteiger partial charge is 0.246 e. The molecule has 1 aromatic carbocycles. The lowest BCUT2D eigenvalue weighted by atomic mass is 10.3. The first-order valence-electron chi connectivity index (χ1n) is 6.53. The van der Waals surface area contributed by atoms with Gasteiger partial charge in [-0.2, -0.15) is 4.31 Å². The van der Waals surface area contributed by atoms with Crippen LogP contribution in [0.1, 0.15) is 13.8 Å². The molecule has 5 nitrogen and oxygen atoms in total. The monoisotopic (exact) mass is 321 g/mol. The van der Waals surface area contributed by atoms with Crippen LogP contribution in [0.4, 0.5) is 14.5 Å². The van der Waals surface area contributed by atoms with Crippen molar-refractivity contribution in [2.45, 2.75) is 24.8 Å². The Hall–Kier alpha value is -1.25. The zero-order valence-electron chi connectivity index (χ0n) is 12.6. The molecule has 0 aliphatic carbocycles. The number of likely N-dealkylation sites (N-methyl/N-ethyl adjacent to an activating group) is 2.